The molecule has 0 saturated carbocycles. The van der Waals surface area contributed by atoms with Crippen molar-refractivity contribution in [1.82, 2.24) is 14.8 Å². The van der Waals surface area contributed by atoms with E-state index in [1.807, 2.05) is 36.4 Å². The van der Waals surface area contributed by atoms with E-state index in [1.165, 1.54) is 0 Å². The van der Waals surface area contributed by atoms with Gasteiger partial charge in [0.25, 0.3) is 0 Å². The Hall–Kier alpha value is -1.87. The molecule has 0 amide bonds. The summed E-state index contributed by atoms with van der Waals surface area (Å²) in [6, 6.07) is 11.4. The van der Waals surface area contributed by atoms with E-state index < -0.39 is 0 Å². The zero-order valence-corrected chi connectivity index (χ0v) is 9.09. The maximum Gasteiger partial charge on any atom is 0.162 e. The van der Waals surface area contributed by atoms with E-state index in [0.717, 1.165) is 16.7 Å². The molecular formula is C12H8ClN3. The second kappa shape index (κ2) is 3.61. The summed E-state index contributed by atoms with van der Waals surface area (Å²) in [7, 11) is 0. The fourth-order valence-electron chi connectivity index (χ4n) is 1.63. The molecule has 0 N–H and O–H groups in total. The van der Waals surface area contributed by atoms with Crippen molar-refractivity contribution in [3.8, 4) is 5.69 Å². The van der Waals surface area contributed by atoms with Gasteiger partial charge in [0.2, 0.25) is 0 Å². The summed E-state index contributed by atoms with van der Waals surface area (Å²) in [5.74, 6) is 0. The molecule has 2 aromatic heterocycles. The minimum absolute atomic E-state index is 0.716. The van der Waals surface area contributed by atoms with Gasteiger partial charge in [0.15, 0.2) is 5.65 Å². The number of nitrogens with zero attached hydrogens (tertiary/aromatic N) is 3. The Morgan fingerprint density at radius 3 is 2.69 bits per heavy atom. The highest BCUT2D eigenvalue weighted by atomic mass is 35.5. The topological polar surface area (TPSA) is 30.7 Å². The van der Waals surface area contributed by atoms with E-state index in [1.54, 1.807) is 17.1 Å². The number of pyridine rings is 1. The van der Waals surface area contributed by atoms with Crippen LogP contribution in [0.25, 0.3) is 16.7 Å². The Bertz CT molecular complexity index is 628. The van der Waals surface area contributed by atoms with E-state index >= 15 is 0 Å². The van der Waals surface area contributed by atoms with Crippen LogP contribution in [-0.4, -0.2) is 14.8 Å². The molecule has 3 aromatic rings. The summed E-state index contributed by atoms with van der Waals surface area (Å²) >= 11 is 5.85. The Labute approximate surface area is 97.3 Å². The average molecular weight is 230 g/mol. The van der Waals surface area contributed by atoms with Gasteiger partial charge in [-0.2, -0.15) is 5.10 Å². The van der Waals surface area contributed by atoms with E-state index in [2.05, 4.69) is 10.1 Å². The lowest BCUT2D eigenvalue weighted by atomic mass is 10.3. The molecule has 0 bridgehead atoms. The number of hydrogen-bond donors (Lipinski definition) is 0. The van der Waals surface area contributed by atoms with E-state index in [0.29, 0.717) is 5.02 Å². The third-order valence-electron chi connectivity index (χ3n) is 2.40. The van der Waals surface area contributed by atoms with Gasteiger partial charge in [-0.05, 0) is 36.4 Å². The number of fused-ring (bicyclic) bond motifs is 1. The van der Waals surface area contributed by atoms with Crippen molar-refractivity contribution >= 4 is 22.6 Å². The average Bonchev–Trinajstić information content (AvgIpc) is 2.74. The molecule has 16 heavy (non-hydrogen) atoms. The maximum absolute atomic E-state index is 5.85. The van der Waals surface area contributed by atoms with Crippen LogP contribution in [0.4, 0.5) is 0 Å². The second-order valence-corrected chi connectivity index (χ2v) is 3.89. The molecule has 0 saturated heterocycles. The van der Waals surface area contributed by atoms with Crippen LogP contribution in [0.15, 0.2) is 48.8 Å². The third-order valence-corrected chi connectivity index (χ3v) is 2.65. The van der Waals surface area contributed by atoms with Gasteiger partial charge in [-0.25, -0.2) is 9.67 Å². The van der Waals surface area contributed by atoms with Crippen LogP contribution in [-0.2, 0) is 0 Å². The van der Waals surface area contributed by atoms with Crippen LogP contribution in [0, 0.1) is 0 Å². The van der Waals surface area contributed by atoms with Gasteiger partial charge < -0.3 is 0 Å². The van der Waals surface area contributed by atoms with E-state index in [4.69, 9.17) is 11.6 Å². The molecule has 3 rings (SSSR count). The zero-order chi connectivity index (χ0) is 11.0. The lowest BCUT2D eigenvalue weighted by molar-refractivity contribution is 0.897. The molecule has 0 unspecified atom stereocenters. The van der Waals surface area contributed by atoms with Crippen molar-refractivity contribution < 1.29 is 0 Å². The molecule has 1 aromatic carbocycles. The molecule has 0 atom stereocenters. The zero-order valence-electron chi connectivity index (χ0n) is 8.34. The SMILES string of the molecule is Clc1ccc(-n2ncc3cccnc32)cc1. The Morgan fingerprint density at radius 2 is 1.88 bits per heavy atom. The lowest BCUT2D eigenvalue weighted by Gasteiger charge is -2.02. The van der Waals surface area contributed by atoms with Gasteiger partial charge in [-0.1, -0.05) is 11.6 Å². The number of halogens is 1. The van der Waals surface area contributed by atoms with Gasteiger partial charge in [0.05, 0.1) is 11.9 Å². The number of rotatable bonds is 1. The fourth-order valence-corrected chi connectivity index (χ4v) is 1.76. The monoisotopic (exact) mass is 229 g/mol. The van der Waals surface area contributed by atoms with E-state index in [-0.39, 0.29) is 0 Å². The molecule has 4 heteroatoms. The van der Waals surface area contributed by atoms with Crippen LogP contribution in [0.2, 0.25) is 5.02 Å². The minimum atomic E-state index is 0.716. The van der Waals surface area contributed by atoms with Crippen molar-refractivity contribution in [2.45, 2.75) is 0 Å². The molecule has 0 spiro atoms. The molecule has 0 aliphatic rings. The van der Waals surface area contributed by atoms with Gasteiger partial charge in [0.1, 0.15) is 0 Å². The van der Waals surface area contributed by atoms with Gasteiger partial charge >= 0.3 is 0 Å². The first-order valence-corrected chi connectivity index (χ1v) is 5.27. The first-order chi connectivity index (χ1) is 7.84. The standard InChI is InChI=1S/C12H8ClN3/c13-10-3-5-11(6-4-10)16-12-9(8-15-16)2-1-7-14-12/h1-8H. The summed E-state index contributed by atoms with van der Waals surface area (Å²) in [6.45, 7) is 0. The van der Waals surface area contributed by atoms with Crippen molar-refractivity contribution in [2.24, 2.45) is 0 Å². The highest BCUT2D eigenvalue weighted by Gasteiger charge is 2.04. The number of aromatic nitrogens is 3. The van der Waals surface area contributed by atoms with Crippen LogP contribution < -0.4 is 0 Å². The van der Waals surface area contributed by atoms with E-state index in [9.17, 15) is 0 Å². The molecule has 0 aliphatic carbocycles. The number of benzene rings is 1. The van der Waals surface area contributed by atoms with Crippen molar-refractivity contribution in [3.05, 3.63) is 53.8 Å². The highest BCUT2D eigenvalue weighted by Crippen LogP contribution is 2.17. The molecule has 3 nitrogen and oxygen atoms in total. The molecule has 2 heterocycles. The Morgan fingerprint density at radius 1 is 1.06 bits per heavy atom. The van der Waals surface area contributed by atoms with Crippen LogP contribution in [0.1, 0.15) is 0 Å². The molecule has 0 aliphatic heterocycles. The number of hydrogen-bond acceptors (Lipinski definition) is 2. The molecule has 78 valence electrons. The van der Waals surface area contributed by atoms with Gasteiger partial charge in [0, 0.05) is 16.6 Å². The quantitative estimate of drug-likeness (QED) is 0.642. The predicted octanol–water partition coefficient (Wildman–Crippen LogP) is 3.07. The van der Waals surface area contributed by atoms with Gasteiger partial charge in [-0.15, -0.1) is 0 Å². The Balaban J connectivity index is 2.22. The predicted molar refractivity (Wildman–Crippen MR) is 63.9 cm³/mol. The van der Waals surface area contributed by atoms with Crippen molar-refractivity contribution in [2.75, 3.05) is 0 Å². The first kappa shape index (κ1) is 9.36. The minimum Gasteiger partial charge on any atom is -0.237 e. The smallest absolute Gasteiger partial charge is 0.162 e. The van der Waals surface area contributed by atoms with Crippen LogP contribution in [0.5, 0.6) is 0 Å². The van der Waals surface area contributed by atoms with Crippen molar-refractivity contribution in [3.63, 3.8) is 0 Å². The molecular weight excluding hydrogens is 222 g/mol. The molecule has 0 fully saturated rings. The Kier molecular flexibility index (Phi) is 2.11. The highest BCUT2D eigenvalue weighted by molar-refractivity contribution is 6.30. The fraction of sp³-hybridized carbons (Fsp3) is 0. The summed E-state index contributed by atoms with van der Waals surface area (Å²) in [4.78, 5) is 4.31. The summed E-state index contributed by atoms with van der Waals surface area (Å²) in [6.07, 6.45) is 3.56. The first-order valence-electron chi connectivity index (χ1n) is 4.89. The van der Waals surface area contributed by atoms with Crippen LogP contribution in [0.3, 0.4) is 0 Å². The second-order valence-electron chi connectivity index (χ2n) is 3.45. The third kappa shape index (κ3) is 1.46. The summed E-state index contributed by atoms with van der Waals surface area (Å²) in [5, 5.41) is 6.05. The lowest BCUT2D eigenvalue weighted by Crippen LogP contribution is -1.96. The normalized spacial score (nSPS) is 10.8. The van der Waals surface area contributed by atoms with Crippen LogP contribution >= 0.6 is 11.6 Å². The maximum atomic E-state index is 5.85. The van der Waals surface area contributed by atoms with Crippen molar-refractivity contribution in [1.29, 1.82) is 0 Å². The summed E-state index contributed by atoms with van der Waals surface area (Å²) < 4.78 is 1.80. The summed E-state index contributed by atoms with van der Waals surface area (Å²) in [5.41, 5.74) is 1.81. The van der Waals surface area contributed by atoms with Gasteiger partial charge in [-0.3, -0.25) is 0 Å². The molecule has 0 radical (unpaired) electrons. The largest absolute Gasteiger partial charge is 0.237 e.